The molecule has 5 nitrogen and oxygen atoms in total. The second-order valence-corrected chi connectivity index (χ2v) is 6.81. The predicted molar refractivity (Wildman–Crippen MR) is 106 cm³/mol. The summed E-state index contributed by atoms with van der Waals surface area (Å²) in [6.45, 7) is 4.25. The van der Waals surface area contributed by atoms with Gasteiger partial charge in [0.15, 0.2) is 5.78 Å². The second-order valence-electron chi connectivity index (χ2n) is 6.81. The molecule has 5 heteroatoms. The smallest absolute Gasteiger partial charge is 0.222 e. The minimum absolute atomic E-state index is 0.00245. The van der Waals surface area contributed by atoms with E-state index in [-0.39, 0.29) is 30.6 Å². The highest BCUT2D eigenvalue weighted by Gasteiger charge is 2.26. The maximum Gasteiger partial charge on any atom is 0.222 e. The van der Waals surface area contributed by atoms with E-state index in [1.165, 1.54) is 0 Å². The van der Waals surface area contributed by atoms with Crippen molar-refractivity contribution in [2.24, 2.45) is 0 Å². The minimum Gasteiger partial charge on any atom is -0.485 e. The number of carbonyl (C=O) groups excluding carboxylic acids is 2. The van der Waals surface area contributed by atoms with E-state index in [0.717, 1.165) is 24.5 Å². The van der Waals surface area contributed by atoms with Gasteiger partial charge < -0.3 is 14.5 Å². The number of anilines is 1. The van der Waals surface area contributed by atoms with Crippen LogP contribution in [0.15, 0.2) is 54.6 Å². The minimum atomic E-state index is -0.0846. The van der Waals surface area contributed by atoms with E-state index in [2.05, 4.69) is 17.9 Å². The number of hydrogen-bond donors (Lipinski definition) is 0. The van der Waals surface area contributed by atoms with E-state index < -0.39 is 0 Å². The Morgan fingerprint density at radius 3 is 2.52 bits per heavy atom. The Balaban J connectivity index is 1.53. The Bertz CT molecular complexity index is 791. The summed E-state index contributed by atoms with van der Waals surface area (Å²) in [6.07, 6.45) is 0.354. The average Bonchev–Trinajstić information content (AvgIpc) is 2.71. The van der Waals surface area contributed by atoms with Gasteiger partial charge in [-0.15, -0.1) is 0 Å². The van der Waals surface area contributed by atoms with Crippen LogP contribution in [0.1, 0.15) is 30.1 Å². The van der Waals surface area contributed by atoms with Gasteiger partial charge in [0.2, 0.25) is 5.91 Å². The molecule has 0 aromatic heterocycles. The first-order valence-electron chi connectivity index (χ1n) is 9.41. The molecule has 0 spiro atoms. The third kappa shape index (κ3) is 4.67. The molecule has 0 radical (unpaired) electrons. The van der Waals surface area contributed by atoms with Gasteiger partial charge in [-0.25, -0.2) is 0 Å². The molecule has 0 bridgehead atoms. The van der Waals surface area contributed by atoms with Gasteiger partial charge >= 0.3 is 0 Å². The first-order chi connectivity index (χ1) is 13.1. The fourth-order valence-electron chi connectivity index (χ4n) is 3.36. The van der Waals surface area contributed by atoms with Crippen LogP contribution in [0.25, 0.3) is 0 Å². The van der Waals surface area contributed by atoms with Crippen molar-refractivity contribution in [1.29, 1.82) is 0 Å². The molecule has 27 heavy (non-hydrogen) atoms. The van der Waals surface area contributed by atoms with Crippen molar-refractivity contribution in [2.75, 3.05) is 31.6 Å². The topological polar surface area (TPSA) is 49.9 Å². The number of hydrogen-bond acceptors (Lipinski definition) is 4. The molecule has 0 N–H and O–H groups in total. The van der Waals surface area contributed by atoms with Crippen molar-refractivity contribution in [1.82, 2.24) is 4.90 Å². The molecular formula is C22H26N2O3. The highest BCUT2D eigenvalue weighted by Crippen LogP contribution is 2.32. The zero-order valence-electron chi connectivity index (χ0n) is 15.9. The summed E-state index contributed by atoms with van der Waals surface area (Å²) >= 11 is 0. The lowest BCUT2D eigenvalue weighted by Gasteiger charge is -2.37. The summed E-state index contributed by atoms with van der Waals surface area (Å²) in [4.78, 5) is 28.6. The van der Waals surface area contributed by atoms with Crippen LogP contribution in [0, 0.1) is 0 Å². The standard InChI is InChI=1S/C22H26N2O3/c1-3-24-16-18(27-21-12-8-7-11-19(21)24)15-23(2)22(26)14-13-20(25)17-9-5-4-6-10-17/h4-12,18H,3,13-16H2,1-2H3/t18-/m0/s1. The number of nitrogens with zero attached hydrogens (tertiary/aromatic N) is 2. The van der Waals surface area contributed by atoms with Crippen LogP contribution >= 0.6 is 0 Å². The Labute approximate surface area is 160 Å². The molecule has 1 aliphatic heterocycles. The molecule has 2 aromatic carbocycles. The van der Waals surface area contributed by atoms with Gasteiger partial charge in [-0.05, 0) is 19.1 Å². The Hall–Kier alpha value is -2.82. The second kappa shape index (κ2) is 8.71. The van der Waals surface area contributed by atoms with Crippen molar-refractivity contribution in [3.05, 3.63) is 60.2 Å². The van der Waals surface area contributed by atoms with E-state index in [4.69, 9.17) is 4.74 Å². The number of benzene rings is 2. The number of carbonyl (C=O) groups is 2. The lowest BCUT2D eigenvalue weighted by atomic mass is 10.1. The van der Waals surface area contributed by atoms with Gasteiger partial charge in [-0.1, -0.05) is 42.5 Å². The monoisotopic (exact) mass is 366 g/mol. The molecule has 2 aromatic rings. The summed E-state index contributed by atoms with van der Waals surface area (Å²) in [5.74, 6) is 0.817. The van der Waals surface area contributed by atoms with Gasteiger partial charge in [0.05, 0.1) is 18.8 Å². The summed E-state index contributed by atoms with van der Waals surface area (Å²) in [6, 6.07) is 17.1. The molecule has 0 aliphatic carbocycles. The summed E-state index contributed by atoms with van der Waals surface area (Å²) in [5.41, 5.74) is 1.75. The summed E-state index contributed by atoms with van der Waals surface area (Å²) in [7, 11) is 1.77. The van der Waals surface area contributed by atoms with Gasteiger partial charge in [0.1, 0.15) is 11.9 Å². The number of fused-ring (bicyclic) bond motifs is 1. The van der Waals surface area contributed by atoms with Crippen LogP contribution in [0.4, 0.5) is 5.69 Å². The zero-order chi connectivity index (χ0) is 19.2. The molecule has 0 saturated heterocycles. The zero-order valence-corrected chi connectivity index (χ0v) is 15.9. The van der Waals surface area contributed by atoms with Crippen LogP contribution in [-0.4, -0.2) is 49.4 Å². The Morgan fingerprint density at radius 2 is 1.78 bits per heavy atom. The molecule has 1 atom stereocenters. The number of ether oxygens (including phenoxy) is 1. The lowest BCUT2D eigenvalue weighted by molar-refractivity contribution is -0.130. The number of ketones is 1. The molecular weight excluding hydrogens is 340 g/mol. The summed E-state index contributed by atoms with van der Waals surface area (Å²) in [5, 5.41) is 0. The van der Waals surface area contributed by atoms with E-state index in [9.17, 15) is 9.59 Å². The molecule has 1 heterocycles. The normalized spacial score (nSPS) is 15.6. The van der Waals surface area contributed by atoms with Crippen LogP contribution in [0.2, 0.25) is 0 Å². The number of likely N-dealkylation sites (N-methyl/N-ethyl adjacent to an activating group) is 2. The molecule has 3 rings (SSSR count). The highest BCUT2D eigenvalue weighted by molar-refractivity contribution is 5.97. The van der Waals surface area contributed by atoms with Crippen molar-refractivity contribution in [3.8, 4) is 5.75 Å². The van der Waals surface area contributed by atoms with E-state index in [1.54, 1.807) is 24.1 Å². The number of amides is 1. The quantitative estimate of drug-likeness (QED) is 0.705. The Kier molecular flexibility index (Phi) is 6.12. The highest BCUT2D eigenvalue weighted by atomic mass is 16.5. The lowest BCUT2D eigenvalue weighted by Crippen LogP contribution is -2.46. The average molecular weight is 366 g/mol. The first kappa shape index (κ1) is 19.0. The van der Waals surface area contributed by atoms with Gasteiger partial charge in [-0.2, -0.15) is 0 Å². The van der Waals surface area contributed by atoms with E-state index in [0.29, 0.717) is 12.1 Å². The van der Waals surface area contributed by atoms with E-state index in [1.807, 2.05) is 36.4 Å². The third-order valence-electron chi connectivity index (χ3n) is 4.87. The van der Waals surface area contributed by atoms with Crippen LogP contribution in [0.3, 0.4) is 0 Å². The maximum atomic E-state index is 12.5. The van der Waals surface area contributed by atoms with Crippen molar-refractivity contribution in [2.45, 2.75) is 25.9 Å². The van der Waals surface area contributed by atoms with Gasteiger partial charge in [-0.3, -0.25) is 9.59 Å². The molecule has 1 amide bonds. The Morgan fingerprint density at radius 1 is 1.07 bits per heavy atom. The van der Waals surface area contributed by atoms with Crippen molar-refractivity contribution in [3.63, 3.8) is 0 Å². The van der Waals surface area contributed by atoms with Crippen LogP contribution in [-0.2, 0) is 4.79 Å². The molecule has 0 fully saturated rings. The molecule has 1 aliphatic rings. The number of Topliss-reactive ketones (excluding diaryl/α,β-unsaturated/α-hetero) is 1. The molecule has 0 unspecified atom stereocenters. The van der Waals surface area contributed by atoms with Gasteiger partial charge in [0, 0.05) is 32.0 Å². The van der Waals surface area contributed by atoms with E-state index >= 15 is 0 Å². The summed E-state index contributed by atoms with van der Waals surface area (Å²) < 4.78 is 6.08. The maximum absolute atomic E-state index is 12.5. The first-order valence-corrected chi connectivity index (χ1v) is 9.41. The SMILES string of the molecule is CCN1C[C@H](CN(C)C(=O)CCC(=O)c2ccccc2)Oc2ccccc21. The molecule has 0 saturated carbocycles. The predicted octanol–water partition coefficient (Wildman–Crippen LogP) is 3.40. The van der Waals surface area contributed by atoms with Crippen LogP contribution in [0.5, 0.6) is 5.75 Å². The number of para-hydroxylation sites is 2. The van der Waals surface area contributed by atoms with Gasteiger partial charge in [0.25, 0.3) is 0 Å². The third-order valence-corrected chi connectivity index (χ3v) is 4.87. The van der Waals surface area contributed by atoms with Crippen molar-refractivity contribution >= 4 is 17.4 Å². The fraction of sp³-hybridized carbons (Fsp3) is 0.364. The van der Waals surface area contributed by atoms with Crippen LogP contribution < -0.4 is 9.64 Å². The molecule has 142 valence electrons. The fourth-order valence-corrected chi connectivity index (χ4v) is 3.36. The van der Waals surface area contributed by atoms with Crippen molar-refractivity contribution < 1.29 is 14.3 Å². The number of rotatable bonds is 7. The largest absolute Gasteiger partial charge is 0.485 e.